The second-order valence-electron chi connectivity index (χ2n) is 13.2. The highest BCUT2D eigenvalue weighted by Crippen LogP contribution is 2.52. The van der Waals surface area contributed by atoms with E-state index in [-0.39, 0.29) is 5.41 Å². The van der Waals surface area contributed by atoms with Crippen LogP contribution in [0.4, 0.5) is 0 Å². The molecule has 0 bridgehead atoms. The van der Waals surface area contributed by atoms with Gasteiger partial charge in [0.05, 0.1) is 0 Å². The van der Waals surface area contributed by atoms with Crippen molar-refractivity contribution in [2.45, 2.75) is 19.3 Å². The maximum Gasteiger partial charge on any atom is 0.164 e. The van der Waals surface area contributed by atoms with Gasteiger partial charge in [-0.05, 0) is 67.4 Å². The van der Waals surface area contributed by atoms with Gasteiger partial charge < -0.3 is 0 Å². The van der Waals surface area contributed by atoms with Crippen LogP contribution in [0.5, 0.6) is 0 Å². The van der Waals surface area contributed by atoms with Crippen molar-refractivity contribution in [2.75, 3.05) is 0 Å². The van der Waals surface area contributed by atoms with Crippen LogP contribution in [0.25, 0.3) is 78.3 Å². The van der Waals surface area contributed by atoms with E-state index in [0.717, 1.165) is 33.4 Å². The number of hydrogen-bond donors (Lipinski definition) is 0. The Kier molecular flexibility index (Phi) is 6.77. The molecular weight excluding hydrogens is 597 g/mol. The van der Waals surface area contributed by atoms with Gasteiger partial charge in [0.25, 0.3) is 0 Å². The van der Waals surface area contributed by atoms with Crippen LogP contribution in [0.1, 0.15) is 25.0 Å². The van der Waals surface area contributed by atoms with E-state index in [0.29, 0.717) is 17.5 Å². The number of rotatable bonds is 5. The zero-order valence-corrected chi connectivity index (χ0v) is 27.3. The first kappa shape index (κ1) is 28.9. The standard InChI is InChI=1S/C45H32N4/c1-45(2)40-25-23-35(27-39(40)38-24-22-31-9-6-7-13-37(31)41(38)45)29-14-18-33(19-15-29)43-47-42(32-10-4-3-5-11-32)48-44(49-43)34-20-16-30(17-21-34)36-12-8-26-46-28-36/h3-28H,1-2H3. The number of benzene rings is 6. The molecule has 0 radical (unpaired) electrons. The van der Waals surface area contributed by atoms with Gasteiger partial charge in [-0.15, -0.1) is 0 Å². The number of hydrogen-bond acceptors (Lipinski definition) is 4. The topological polar surface area (TPSA) is 51.6 Å². The SMILES string of the molecule is CC1(C)c2ccc(-c3ccc(-c4nc(-c5ccccc5)nc(-c5ccc(-c6cccnc6)cc5)n4)cc3)cc2-c2ccc3ccccc3c21. The highest BCUT2D eigenvalue weighted by molar-refractivity contribution is 5.98. The first-order valence-electron chi connectivity index (χ1n) is 16.6. The summed E-state index contributed by atoms with van der Waals surface area (Å²) in [5, 5.41) is 2.62. The maximum atomic E-state index is 4.98. The third-order valence-corrected chi connectivity index (χ3v) is 9.82. The minimum absolute atomic E-state index is 0.0696. The molecule has 1 aliphatic carbocycles. The van der Waals surface area contributed by atoms with E-state index in [1.807, 2.05) is 42.6 Å². The average Bonchev–Trinajstić information content (AvgIpc) is 3.41. The molecule has 2 aromatic heterocycles. The molecule has 0 saturated carbocycles. The number of pyridine rings is 1. The summed E-state index contributed by atoms with van der Waals surface area (Å²) in [5.74, 6) is 1.93. The first-order valence-corrected chi connectivity index (χ1v) is 16.6. The minimum atomic E-state index is -0.0696. The van der Waals surface area contributed by atoms with Gasteiger partial charge in [-0.25, -0.2) is 15.0 Å². The third kappa shape index (κ3) is 5.01. The van der Waals surface area contributed by atoms with Gasteiger partial charge >= 0.3 is 0 Å². The van der Waals surface area contributed by atoms with Crippen LogP contribution in [0, 0.1) is 0 Å². The molecule has 0 fully saturated rings. The van der Waals surface area contributed by atoms with E-state index < -0.39 is 0 Å². The van der Waals surface area contributed by atoms with Crippen molar-refractivity contribution in [3.8, 4) is 67.5 Å². The van der Waals surface area contributed by atoms with Gasteiger partial charge in [0.15, 0.2) is 17.5 Å². The molecule has 1 aliphatic rings. The summed E-state index contributed by atoms with van der Waals surface area (Å²) in [4.78, 5) is 19.1. The van der Waals surface area contributed by atoms with E-state index in [9.17, 15) is 0 Å². The second-order valence-corrected chi connectivity index (χ2v) is 13.2. The first-order chi connectivity index (χ1) is 24.0. The molecule has 9 rings (SSSR count). The van der Waals surface area contributed by atoms with Crippen molar-refractivity contribution in [2.24, 2.45) is 0 Å². The Labute approximate surface area is 285 Å². The highest BCUT2D eigenvalue weighted by atomic mass is 15.0. The zero-order valence-electron chi connectivity index (χ0n) is 27.3. The lowest BCUT2D eigenvalue weighted by Crippen LogP contribution is -2.15. The predicted octanol–water partition coefficient (Wildman–Crippen LogP) is 11.1. The van der Waals surface area contributed by atoms with Crippen LogP contribution in [-0.4, -0.2) is 19.9 Å². The van der Waals surface area contributed by atoms with Crippen molar-refractivity contribution in [1.29, 1.82) is 0 Å². The van der Waals surface area contributed by atoms with Gasteiger partial charge in [0.2, 0.25) is 0 Å². The predicted molar refractivity (Wildman–Crippen MR) is 200 cm³/mol. The van der Waals surface area contributed by atoms with Crippen molar-refractivity contribution in [3.63, 3.8) is 0 Å². The fourth-order valence-electron chi connectivity index (χ4n) is 7.30. The lowest BCUT2D eigenvalue weighted by atomic mass is 9.80. The molecule has 0 amide bonds. The number of aromatic nitrogens is 4. The number of nitrogens with zero attached hydrogens (tertiary/aromatic N) is 4. The minimum Gasteiger partial charge on any atom is -0.264 e. The maximum absolute atomic E-state index is 4.98. The average molecular weight is 629 g/mol. The molecule has 6 aromatic carbocycles. The molecule has 0 saturated heterocycles. The largest absolute Gasteiger partial charge is 0.264 e. The van der Waals surface area contributed by atoms with Crippen LogP contribution >= 0.6 is 0 Å². The lowest BCUT2D eigenvalue weighted by molar-refractivity contribution is 0.666. The van der Waals surface area contributed by atoms with Crippen LogP contribution in [-0.2, 0) is 5.41 Å². The molecule has 2 heterocycles. The van der Waals surface area contributed by atoms with Gasteiger partial charge in [0, 0.05) is 34.5 Å². The fourth-order valence-corrected chi connectivity index (χ4v) is 7.30. The van der Waals surface area contributed by atoms with Gasteiger partial charge in [-0.1, -0.05) is 147 Å². The van der Waals surface area contributed by atoms with Crippen LogP contribution in [0.15, 0.2) is 158 Å². The zero-order chi connectivity index (χ0) is 33.0. The summed E-state index contributed by atoms with van der Waals surface area (Å²) >= 11 is 0. The molecule has 232 valence electrons. The highest BCUT2D eigenvalue weighted by Gasteiger charge is 2.36. The van der Waals surface area contributed by atoms with E-state index in [1.54, 1.807) is 6.20 Å². The van der Waals surface area contributed by atoms with Gasteiger partial charge in [-0.2, -0.15) is 0 Å². The Bertz CT molecular complexity index is 2490. The molecule has 0 spiro atoms. The Hall–Kier alpha value is -6.26. The summed E-state index contributed by atoms with van der Waals surface area (Å²) in [6.45, 7) is 4.70. The van der Waals surface area contributed by atoms with Crippen molar-refractivity contribution < 1.29 is 0 Å². The smallest absolute Gasteiger partial charge is 0.164 e. The molecule has 4 heteroatoms. The normalized spacial score (nSPS) is 12.9. The van der Waals surface area contributed by atoms with Gasteiger partial charge in [0.1, 0.15) is 0 Å². The summed E-state index contributed by atoms with van der Waals surface area (Å²) in [6, 6.07) is 51.2. The molecule has 0 atom stereocenters. The fraction of sp³-hybridized carbons (Fsp3) is 0.0667. The van der Waals surface area contributed by atoms with E-state index in [2.05, 4.69) is 128 Å². The summed E-state index contributed by atoms with van der Waals surface area (Å²) in [6.07, 6.45) is 3.66. The Morgan fingerprint density at radius 1 is 0.429 bits per heavy atom. The van der Waals surface area contributed by atoms with E-state index in [4.69, 9.17) is 15.0 Å². The van der Waals surface area contributed by atoms with Gasteiger partial charge in [-0.3, -0.25) is 4.98 Å². The molecular formula is C45H32N4. The van der Waals surface area contributed by atoms with E-state index >= 15 is 0 Å². The molecule has 0 N–H and O–H groups in total. The Balaban J connectivity index is 1.09. The molecule has 4 nitrogen and oxygen atoms in total. The van der Waals surface area contributed by atoms with Crippen LogP contribution in [0.3, 0.4) is 0 Å². The Morgan fingerprint density at radius 2 is 0.980 bits per heavy atom. The summed E-state index contributed by atoms with van der Waals surface area (Å²) < 4.78 is 0. The quantitative estimate of drug-likeness (QED) is 0.190. The van der Waals surface area contributed by atoms with Crippen molar-refractivity contribution >= 4 is 10.8 Å². The van der Waals surface area contributed by atoms with Crippen molar-refractivity contribution in [3.05, 3.63) is 169 Å². The van der Waals surface area contributed by atoms with Crippen LogP contribution < -0.4 is 0 Å². The summed E-state index contributed by atoms with van der Waals surface area (Å²) in [5.41, 5.74) is 12.7. The van der Waals surface area contributed by atoms with Crippen molar-refractivity contribution in [1.82, 2.24) is 19.9 Å². The summed E-state index contributed by atoms with van der Waals surface area (Å²) in [7, 11) is 0. The molecule has 8 aromatic rings. The lowest BCUT2D eigenvalue weighted by Gasteiger charge is -2.23. The Morgan fingerprint density at radius 3 is 1.63 bits per heavy atom. The monoisotopic (exact) mass is 628 g/mol. The second kappa shape index (κ2) is 11.5. The van der Waals surface area contributed by atoms with E-state index in [1.165, 1.54) is 38.6 Å². The molecule has 0 aliphatic heterocycles. The molecule has 0 unspecified atom stereocenters. The number of fused-ring (bicyclic) bond motifs is 5. The third-order valence-electron chi connectivity index (χ3n) is 9.82. The van der Waals surface area contributed by atoms with Crippen LogP contribution in [0.2, 0.25) is 0 Å². The molecule has 49 heavy (non-hydrogen) atoms.